The number of amides is 1. The number of likely N-dealkylation sites (tertiary alicyclic amines) is 1. The lowest BCUT2D eigenvalue weighted by molar-refractivity contribution is -0.132. The summed E-state index contributed by atoms with van der Waals surface area (Å²) < 4.78 is 1.47. The number of carbonyl (C=O) groups excluding carboxylic acids is 2. The second kappa shape index (κ2) is 8.79. The Morgan fingerprint density at radius 3 is 2.67 bits per heavy atom. The molecule has 1 aliphatic heterocycles. The van der Waals surface area contributed by atoms with Gasteiger partial charge in [0.25, 0.3) is 5.56 Å². The number of hydrogen-bond donors (Lipinski definition) is 0. The van der Waals surface area contributed by atoms with Gasteiger partial charge in [-0.1, -0.05) is 23.7 Å². The SMILES string of the molecule is O=C(c1ccc(Cl)cc1)[C@H]1CCCN(C(=O)CCn2cnc3ccccc3c2=O)C1. The Bertz CT molecular complexity index is 1140. The molecule has 1 aromatic heterocycles. The van der Waals surface area contributed by atoms with E-state index >= 15 is 0 Å². The highest BCUT2D eigenvalue weighted by atomic mass is 35.5. The average molecular weight is 424 g/mol. The first-order valence-electron chi connectivity index (χ1n) is 10.0. The van der Waals surface area contributed by atoms with Crippen LogP contribution < -0.4 is 5.56 Å². The first-order valence-corrected chi connectivity index (χ1v) is 10.4. The number of rotatable bonds is 5. The Morgan fingerprint density at radius 2 is 1.87 bits per heavy atom. The van der Waals surface area contributed by atoms with E-state index in [1.165, 1.54) is 10.9 Å². The molecule has 1 amide bonds. The summed E-state index contributed by atoms with van der Waals surface area (Å²) in [5.41, 5.74) is 1.11. The van der Waals surface area contributed by atoms with E-state index in [1.54, 1.807) is 47.4 Å². The molecule has 0 saturated carbocycles. The van der Waals surface area contributed by atoms with E-state index in [0.29, 0.717) is 34.6 Å². The van der Waals surface area contributed by atoms with Gasteiger partial charge < -0.3 is 4.90 Å². The molecule has 2 heterocycles. The van der Waals surface area contributed by atoms with Crippen LogP contribution >= 0.6 is 11.6 Å². The molecule has 7 heteroatoms. The maximum Gasteiger partial charge on any atom is 0.261 e. The minimum absolute atomic E-state index is 0.0408. The second-order valence-corrected chi connectivity index (χ2v) is 8.00. The van der Waals surface area contributed by atoms with Crippen molar-refractivity contribution in [1.82, 2.24) is 14.5 Å². The Morgan fingerprint density at radius 1 is 1.10 bits per heavy atom. The van der Waals surface area contributed by atoms with E-state index < -0.39 is 0 Å². The van der Waals surface area contributed by atoms with Gasteiger partial charge in [0, 0.05) is 42.6 Å². The third kappa shape index (κ3) is 4.28. The van der Waals surface area contributed by atoms with Crippen LogP contribution in [0.15, 0.2) is 59.7 Å². The minimum Gasteiger partial charge on any atom is -0.342 e. The number of fused-ring (bicyclic) bond motifs is 1. The smallest absolute Gasteiger partial charge is 0.261 e. The lowest BCUT2D eigenvalue weighted by Gasteiger charge is -2.32. The van der Waals surface area contributed by atoms with Crippen LogP contribution in [-0.4, -0.2) is 39.2 Å². The van der Waals surface area contributed by atoms with Gasteiger partial charge in [0.2, 0.25) is 5.91 Å². The van der Waals surface area contributed by atoms with Crippen LogP contribution in [0.1, 0.15) is 29.6 Å². The molecule has 30 heavy (non-hydrogen) atoms. The molecule has 1 fully saturated rings. The van der Waals surface area contributed by atoms with Crippen molar-refractivity contribution in [2.45, 2.75) is 25.8 Å². The molecule has 4 rings (SSSR count). The number of nitrogens with zero attached hydrogens (tertiary/aromatic N) is 3. The highest BCUT2D eigenvalue weighted by Gasteiger charge is 2.28. The molecular weight excluding hydrogens is 402 g/mol. The van der Waals surface area contributed by atoms with Crippen LogP contribution in [0.3, 0.4) is 0 Å². The fraction of sp³-hybridized carbons (Fsp3) is 0.304. The molecule has 0 spiro atoms. The van der Waals surface area contributed by atoms with Crippen LogP contribution in [0.4, 0.5) is 0 Å². The number of halogens is 1. The van der Waals surface area contributed by atoms with Crippen LogP contribution in [-0.2, 0) is 11.3 Å². The monoisotopic (exact) mass is 423 g/mol. The maximum absolute atomic E-state index is 12.8. The zero-order valence-corrected chi connectivity index (χ0v) is 17.2. The van der Waals surface area contributed by atoms with E-state index in [9.17, 15) is 14.4 Å². The van der Waals surface area contributed by atoms with Crippen LogP contribution in [0, 0.1) is 5.92 Å². The summed E-state index contributed by atoms with van der Waals surface area (Å²) in [5, 5.41) is 1.13. The molecule has 2 aromatic carbocycles. The molecule has 1 aliphatic rings. The Labute approximate surface area is 179 Å². The number of aryl methyl sites for hydroxylation is 1. The van der Waals surface area contributed by atoms with Crippen molar-refractivity contribution in [2.24, 2.45) is 5.92 Å². The summed E-state index contributed by atoms with van der Waals surface area (Å²) >= 11 is 5.90. The summed E-state index contributed by atoms with van der Waals surface area (Å²) in [4.78, 5) is 44.2. The number of para-hydroxylation sites is 1. The van der Waals surface area contributed by atoms with Gasteiger partial charge >= 0.3 is 0 Å². The first-order chi connectivity index (χ1) is 14.5. The quantitative estimate of drug-likeness (QED) is 0.588. The van der Waals surface area contributed by atoms with Gasteiger partial charge in [-0.25, -0.2) is 4.98 Å². The standard InChI is InChI=1S/C23H22ClN3O3/c24-18-9-7-16(8-10-18)22(29)17-4-3-12-26(14-17)21(28)11-13-27-15-25-20-6-2-1-5-19(20)23(27)30/h1-2,5-10,15,17H,3-4,11-14H2/t17-/m0/s1. The van der Waals surface area contributed by atoms with Crippen molar-refractivity contribution >= 4 is 34.2 Å². The van der Waals surface area contributed by atoms with E-state index in [1.807, 2.05) is 6.07 Å². The van der Waals surface area contributed by atoms with Gasteiger partial charge in [0.1, 0.15) is 0 Å². The highest BCUT2D eigenvalue weighted by Crippen LogP contribution is 2.22. The minimum atomic E-state index is -0.214. The van der Waals surface area contributed by atoms with Crippen molar-refractivity contribution in [3.05, 3.63) is 75.8 Å². The zero-order chi connectivity index (χ0) is 21.1. The van der Waals surface area contributed by atoms with Gasteiger partial charge in [0.15, 0.2) is 5.78 Å². The van der Waals surface area contributed by atoms with Crippen LogP contribution in [0.5, 0.6) is 0 Å². The first kappa shape index (κ1) is 20.3. The molecule has 0 aliphatic carbocycles. The second-order valence-electron chi connectivity index (χ2n) is 7.56. The molecular formula is C23H22ClN3O3. The van der Waals surface area contributed by atoms with Crippen molar-refractivity contribution in [1.29, 1.82) is 0 Å². The van der Waals surface area contributed by atoms with E-state index in [2.05, 4.69) is 4.98 Å². The van der Waals surface area contributed by atoms with E-state index in [0.717, 1.165) is 12.8 Å². The van der Waals surface area contributed by atoms with Gasteiger partial charge in [0.05, 0.1) is 17.2 Å². The Balaban J connectivity index is 1.40. The van der Waals surface area contributed by atoms with E-state index in [4.69, 9.17) is 11.6 Å². The summed E-state index contributed by atoms with van der Waals surface area (Å²) in [6.45, 7) is 1.31. The molecule has 1 saturated heterocycles. The molecule has 154 valence electrons. The van der Waals surface area contributed by atoms with Crippen LogP contribution in [0.25, 0.3) is 10.9 Å². The lowest BCUT2D eigenvalue weighted by atomic mass is 9.90. The largest absolute Gasteiger partial charge is 0.342 e. The Kier molecular flexibility index (Phi) is 5.95. The molecule has 0 radical (unpaired) electrons. The van der Waals surface area contributed by atoms with Gasteiger partial charge in [-0.15, -0.1) is 0 Å². The summed E-state index contributed by atoms with van der Waals surface area (Å²) in [6.07, 6.45) is 3.23. The average Bonchev–Trinajstić information content (AvgIpc) is 2.79. The molecule has 0 bridgehead atoms. The predicted molar refractivity (Wildman–Crippen MR) is 116 cm³/mol. The van der Waals surface area contributed by atoms with Gasteiger partial charge in [-0.3, -0.25) is 19.0 Å². The van der Waals surface area contributed by atoms with Gasteiger partial charge in [-0.05, 0) is 49.2 Å². The normalized spacial score (nSPS) is 16.6. The highest BCUT2D eigenvalue weighted by molar-refractivity contribution is 6.30. The number of benzene rings is 2. The number of ketones is 1. The van der Waals surface area contributed by atoms with Crippen molar-refractivity contribution in [3.8, 4) is 0 Å². The number of piperidine rings is 1. The fourth-order valence-corrected chi connectivity index (χ4v) is 4.03. The molecule has 1 atom stereocenters. The maximum atomic E-state index is 12.8. The van der Waals surface area contributed by atoms with Gasteiger partial charge in [-0.2, -0.15) is 0 Å². The third-order valence-electron chi connectivity index (χ3n) is 5.57. The van der Waals surface area contributed by atoms with Crippen molar-refractivity contribution in [3.63, 3.8) is 0 Å². The van der Waals surface area contributed by atoms with Crippen molar-refractivity contribution in [2.75, 3.05) is 13.1 Å². The van der Waals surface area contributed by atoms with Crippen LogP contribution in [0.2, 0.25) is 5.02 Å². The molecule has 0 unspecified atom stereocenters. The predicted octanol–water partition coefficient (Wildman–Crippen LogP) is 3.56. The lowest BCUT2D eigenvalue weighted by Crippen LogP contribution is -2.42. The summed E-state index contributed by atoms with van der Waals surface area (Å²) in [5.74, 6) is -0.225. The number of Topliss-reactive ketones (excluding diaryl/α,β-unsaturated/α-hetero) is 1. The summed E-state index contributed by atoms with van der Waals surface area (Å²) in [6, 6.07) is 14.0. The Hall–Kier alpha value is -2.99. The molecule has 0 N–H and O–H groups in total. The van der Waals surface area contributed by atoms with E-state index in [-0.39, 0.29) is 36.1 Å². The number of carbonyl (C=O) groups is 2. The topological polar surface area (TPSA) is 72.3 Å². The summed E-state index contributed by atoms with van der Waals surface area (Å²) in [7, 11) is 0. The zero-order valence-electron chi connectivity index (χ0n) is 16.5. The number of aromatic nitrogens is 2. The molecule has 3 aromatic rings. The third-order valence-corrected chi connectivity index (χ3v) is 5.82. The molecule has 6 nitrogen and oxygen atoms in total. The van der Waals surface area contributed by atoms with Crippen molar-refractivity contribution < 1.29 is 9.59 Å². The number of hydrogen-bond acceptors (Lipinski definition) is 4. The fourth-order valence-electron chi connectivity index (χ4n) is 3.91.